The lowest BCUT2D eigenvalue weighted by Gasteiger charge is -2.24. The number of hydrogen-bond acceptors (Lipinski definition) is 9. The van der Waals surface area contributed by atoms with Gasteiger partial charge in [-0.1, -0.05) is 13.3 Å². The number of phenolic OH excluding ortho intramolecular Hbond substituents is 2. The number of phenols is 2. The largest absolute Gasteiger partial charge is 0.504 e. The number of benzene rings is 5. The Balaban J connectivity index is 2.13. The molecule has 1 atom stereocenters. The molecule has 0 amide bonds. The molecule has 0 bridgehead atoms. The summed E-state index contributed by atoms with van der Waals surface area (Å²) in [6.07, 6.45) is 0.386. The molecule has 0 saturated carbocycles. The Morgan fingerprint density at radius 1 is 0.789 bits per heavy atom. The molecule has 0 saturated heterocycles. The van der Waals surface area contributed by atoms with Crippen molar-refractivity contribution in [1.82, 2.24) is 0 Å². The third-order valence-corrected chi connectivity index (χ3v) is 7.40. The van der Waals surface area contributed by atoms with Crippen LogP contribution < -0.4 is 29.8 Å². The summed E-state index contributed by atoms with van der Waals surface area (Å²) in [5.74, 6) is 0.0604. The minimum atomic E-state index is -0.836. The average molecular weight is 519 g/mol. The van der Waals surface area contributed by atoms with Gasteiger partial charge in [0.25, 0.3) is 0 Å². The number of hydrogen-bond donors (Lipinski definition) is 3. The van der Waals surface area contributed by atoms with Crippen molar-refractivity contribution in [2.75, 3.05) is 21.0 Å². The quantitative estimate of drug-likeness (QED) is 0.226. The summed E-state index contributed by atoms with van der Waals surface area (Å²) >= 11 is 0. The van der Waals surface area contributed by atoms with Crippen LogP contribution in [0.25, 0.3) is 43.1 Å². The maximum Gasteiger partial charge on any atom is 0.230 e. The van der Waals surface area contributed by atoms with E-state index in [1.807, 2.05) is 6.92 Å². The van der Waals surface area contributed by atoms with Crippen LogP contribution in [0.5, 0.6) is 34.5 Å². The Hall–Kier alpha value is -4.24. The van der Waals surface area contributed by atoms with E-state index in [4.69, 9.17) is 18.9 Å². The van der Waals surface area contributed by atoms with Gasteiger partial charge in [-0.15, -0.1) is 0 Å². The molecule has 5 aromatic rings. The van der Waals surface area contributed by atoms with Crippen molar-refractivity contribution in [3.05, 3.63) is 43.7 Å². The summed E-state index contributed by atoms with van der Waals surface area (Å²) in [4.78, 5) is 26.9. The van der Waals surface area contributed by atoms with E-state index in [0.29, 0.717) is 56.3 Å². The molecular weight excluding hydrogens is 492 g/mol. The van der Waals surface area contributed by atoms with Gasteiger partial charge >= 0.3 is 0 Å². The SMILES string of the molecule is CCCc1c(OC)c(O)c2c(=O)cc3c4c5c(cc(=O)c6c(O)c(OC)c(C[C@H](C)O)c(c1c24)c65)OCO3. The van der Waals surface area contributed by atoms with E-state index in [9.17, 15) is 24.9 Å². The van der Waals surface area contributed by atoms with E-state index >= 15 is 0 Å². The van der Waals surface area contributed by atoms with Crippen LogP contribution in [-0.4, -0.2) is 42.4 Å². The second kappa shape index (κ2) is 8.39. The van der Waals surface area contributed by atoms with E-state index < -0.39 is 17.0 Å². The number of aliphatic hydroxyl groups excluding tert-OH is 1. The molecule has 1 heterocycles. The Labute approximate surface area is 216 Å². The van der Waals surface area contributed by atoms with E-state index in [2.05, 4.69) is 0 Å². The molecule has 9 heteroatoms. The van der Waals surface area contributed by atoms with Crippen molar-refractivity contribution in [2.24, 2.45) is 0 Å². The van der Waals surface area contributed by atoms with Gasteiger partial charge in [-0.3, -0.25) is 9.59 Å². The van der Waals surface area contributed by atoms with Crippen LogP contribution in [0.15, 0.2) is 21.7 Å². The zero-order valence-corrected chi connectivity index (χ0v) is 21.4. The van der Waals surface area contributed by atoms with Gasteiger partial charge in [0.05, 0.1) is 31.1 Å². The van der Waals surface area contributed by atoms with E-state index in [0.717, 1.165) is 0 Å². The fourth-order valence-corrected chi connectivity index (χ4v) is 6.13. The number of methoxy groups -OCH3 is 2. The first-order chi connectivity index (χ1) is 18.2. The van der Waals surface area contributed by atoms with Gasteiger partial charge in [0.15, 0.2) is 33.9 Å². The van der Waals surface area contributed by atoms with Crippen LogP contribution in [0, 0.1) is 0 Å². The standard InChI is InChI=1S/C29H26O9/c1-5-6-12-18-19-13(7-11(2)30)29(36-4)27(34)21-15(32)9-17-23(25(19)21)22-16(37-10-38-17)8-14(31)20(24(18)22)26(33)28(12)35-3/h8-9,11,30,33-34H,5-7,10H2,1-4H3/t11-/m0/s1. The number of rotatable bonds is 6. The second-order valence-corrected chi connectivity index (χ2v) is 9.68. The van der Waals surface area contributed by atoms with E-state index in [1.54, 1.807) is 6.92 Å². The Kier molecular flexibility index (Phi) is 5.32. The van der Waals surface area contributed by atoms with Crippen LogP contribution in [-0.2, 0) is 12.8 Å². The first-order valence-electron chi connectivity index (χ1n) is 12.4. The second-order valence-electron chi connectivity index (χ2n) is 9.68. The lowest BCUT2D eigenvalue weighted by molar-refractivity contribution is 0.125. The molecule has 0 aliphatic carbocycles. The molecule has 38 heavy (non-hydrogen) atoms. The van der Waals surface area contributed by atoms with Crippen molar-refractivity contribution in [2.45, 2.75) is 39.2 Å². The summed E-state index contributed by atoms with van der Waals surface area (Å²) < 4.78 is 23.0. The molecular formula is C29H26O9. The van der Waals surface area contributed by atoms with Crippen LogP contribution in [0.1, 0.15) is 31.4 Å². The van der Waals surface area contributed by atoms with Crippen molar-refractivity contribution >= 4 is 43.1 Å². The van der Waals surface area contributed by atoms with Gasteiger partial charge in [-0.25, -0.2) is 0 Å². The summed E-state index contributed by atoms with van der Waals surface area (Å²) in [6.45, 7) is 3.34. The van der Waals surface area contributed by atoms with Crippen molar-refractivity contribution in [3.63, 3.8) is 0 Å². The summed E-state index contributed by atoms with van der Waals surface area (Å²) in [7, 11) is 2.81. The smallest absolute Gasteiger partial charge is 0.230 e. The summed E-state index contributed by atoms with van der Waals surface area (Å²) in [5.41, 5.74) is 0.138. The van der Waals surface area contributed by atoms with Crippen LogP contribution in [0.2, 0.25) is 0 Å². The third-order valence-electron chi connectivity index (χ3n) is 7.40. The number of ether oxygens (including phenoxy) is 4. The minimum absolute atomic E-state index is 0.0286. The fraction of sp³-hybridized carbons (Fsp3) is 0.310. The van der Waals surface area contributed by atoms with Crippen molar-refractivity contribution in [1.29, 1.82) is 0 Å². The van der Waals surface area contributed by atoms with E-state index in [1.165, 1.54) is 26.4 Å². The zero-order chi connectivity index (χ0) is 27.0. The Bertz CT molecular complexity index is 1890. The monoisotopic (exact) mass is 518 g/mol. The third kappa shape index (κ3) is 2.96. The molecule has 0 fully saturated rings. The lowest BCUT2D eigenvalue weighted by Crippen LogP contribution is -2.11. The fourth-order valence-electron chi connectivity index (χ4n) is 6.13. The highest BCUT2D eigenvalue weighted by Crippen LogP contribution is 2.55. The van der Waals surface area contributed by atoms with Gasteiger partial charge < -0.3 is 34.3 Å². The maximum atomic E-state index is 13.5. The number of aryl methyl sites for hydroxylation is 1. The van der Waals surface area contributed by atoms with Gasteiger partial charge in [0, 0.05) is 51.2 Å². The van der Waals surface area contributed by atoms with Gasteiger partial charge in [-0.2, -0.15) is 0 Å². The summed E-state index contributed by atoms with van der Waals surface area (Å²) in [6, 6.07) is 2.58. The number of aliphatic hydroxyl groups is 1. The highest BCUT2D eigenvalue weighted by molar-refractivity contribution is 6.38. The average Bonchev–Trinajstić information content (AvgIpc) is 3.04. The molecule has 3 N–H and O–H groups in total. The van der Waals surface area contributed by atoms with Crippen LogP contribution in [0.3, 0.4) is 0 Å². The minimum Gasteiger partial charge on any atom is -0.504 e. The Morgan fingerprint density at radius 3 is 1.71 bits per heavy atom. The molecule has 0 aromatic heterocycles. The number of fused-ring (bicyclic) bond motifs is 1. The molecule has 196 valence electrons. The molecule has 6 rings (SSSR count). The van der Waals surface area contributed by atoms with Gasteiger partial charge in [0.2, 0.25) is 6.79 Å². The topological polar surface area (TPSA) is 132 Å². The van der Waals surface area contributed by atoms with Gasteiger partial charge in [0.1, 0.15) is 11.5 Å². The van der Waals surface area contributed by atoms with Crippen LogP contribution in [0.4, 0.5) is 0 Å². The van der Waals surface area contributed by atoms with Crippen LogP contribution >= 0.6 is 0 Å². The predicted molar refractivity (Wildman–Crippen MR) is 143 cm³/mol. The first kappa shape index (κ1) is 24.1. The normalized spacial score (nSPS) is 13.8. The lowest BCUT2D eigenvalue weighted by atomic mass is 9.82. The molecule has 9 nitrogen and oxygen atoms in total. The van der Waals surface area contributed by atoms with E-state index in [-0.39, 0.29) is 58.5 Å². The molecule has 0 radical (unpaired) electrons. The van der Waals surface area contributed by atoms with Crippen molar-refractivity contribution < 1.29 is 34.3 Å². The summed E-state index contributed by atoms with van der Waals surface area (Å²) in [5, 5.41) is 36.2. The van der Waals surface area contributed by atoms with Crippen molar-refractivity contribution in [3.8, 4) is 34.5 Å². The molecule has 5 aromatic carbocycles. The molecule has 0 spiro atoms. The molecule has 1 aliphatic heterocycles. The first-order valence-corrected chi connectivity index (χ1v) is 12.4. The highest BCUT2D eigenvalue weighted by Gasteiger charge is 2.33. The molecule has 1 aliphatic rings. The highest BCUT2D eigenvalue weighted by atomic mass is 16.7. The maximum absolute atomic E-state index is 13.5. The zero-order valence-electron chi connectivity index (χ0n) is 21.4. The Morgan fingerprint density at radius 2 is 1.26 bits per heavy atom. The number of aromatic hydroxyl groups is 2. The van der Waals surface area contributed by atoms with Gasteiger partial charge in [-0.05, 0) is 24.1 Å². The predicted octanol–water partition coefficient (Wildman–Crippen LogP) is 3.93. The molecule has 0 unspecified atom stereocenters.